The largest absolute Gasteiger partial charge is 0.573 e. The van der Waals surface area contributed by atoms with Gasteiger partial charge in [-0.1, -0.05) is 36.1 Å². The van der Waals surface area contributed by atoms with Crippen molar-refractivity contribution in [2.24, 2.45) is 0 Å². The molecule has 4 rings (SSSR count). The number of imidazole rings is 1. The van der Waals surface area contributed by atoms with E-state index in [1.165, 1.54) is 18.3 Å². The van der Waals surface area contributed by atoms with E-state index in [2.05, 4.69) is 21.6 Å². The quantitative estimate of drug-likeness (QED) is 0.225. The normalized spacial score (nSPS) is 15.0. The highest BCUT2D eigenvalue weighted by Gasteiger charge is 2.31. The third-order valence-corrected chi connectivity index (χ3v) is 4.83. The van der Waals surface area contributed by atoms with Gasteiger partial charge in [0.15, 0.2) is 0 Å². The fourth-order valence-electron chi connectivity index (χ4n) is 3.30. The molecule has 0 fully saturated rings. The van der Waals surface area contributed by atoms with Crippen LogP contribution in [0, 0.1) is 22.0 Å². The van der Waals surface area contributed by atoms with Gasteiger partial charge in [0, 0.05) is 17.0 Å². The van der Waals surface area contributed by atoms with E-state index in [1.807, 2.05) is 24.3 Å². The maximum absolute atomic E-state index is 12.3. The molecule has 1 atom stereocenters. The van der Waals surface area contributed by atoms with Crippen LogP contribution < -0.4 is 9.47 Å². The summed E-state index contributed by atoms with van der Waals surface area (Å²) < 4.78 is 53.3. The Morgan fingerprint density at radius 2 is 1.82 bits per heavy atom. The molecule has 0 saturated carbocycles. The average molecular weight is 473 g/mol. The van der Waals surface area contributed by atoms with Crippen LogP contribution in [0.3, 0.4) is 0 Å². The summed E-state index contributed by atoms with van der Waals surface area (Å²) in [6, 6.07) is 13.2. The molecule has 0 radical (unpaired) electrons. The first-order valence-electron chi connectivity index (χ1n) is 10.2. The lowest BCUT2D eigenvalue weighted by molar-refractivity contribution is -0.389. The minimum Gasteiger partial charge on any atom is -0.443 e. The number of ether oxygens (including phenoxy) is 3. The van der Waals surface area contributed by atoms with E-state index in [9.17, 15) is 23.3 Å². The van der Waals surface area contributed by atoms with Crippen LogP contribution in [0.1, 0.15) is 12.0 Å². The number of hydrogen-bond donors (Lipinski definition) is 0. The summed E-state index contributed by atoms with van der Waals surface area (Å²) in [6.07, 6.45) is -3.17. The summed E-state index contributed by atoms with van der Waals surface area (Å²) in [5.41, 5.74) is 2.38. The molecule has 3 aromatic rings. The summed E-state index contributed by atoms with van der Waals surface area (Å²) in [4.78, 5) is 14.0. The van der Waals surface area contributed by atoms with Crippen LogP contribution in [0.15, 0.2) is 54.7 Å². The summed E-state index contributed by atoms with van der Waals surface area (Å²) >= 11 is 0. The fourth-order valence-corrected chi connectivity index (χ4v) is 3.30. The van der Waals surface area contributed by atoms with Crippen molar-refractivity contribution in [2.45, 2.75) is 25.4 Å². The zero-order chi connectivity index (χ0) is 24.1. The molecule has 0 N–H and O–H groups in total. The van der Waals surface area contributed by atoms with Crippen molar-refractivity contribution in [2.75, 3.05) is 13.2 Å². The Hall–Kier alpha value is -4.04. The van der Waals surface area contributed by atoms with Crippen molar-refractivity contribution in [1.29, 1.82) is 0 Å². The van der Waals surface area contributed by atoms with E-state index in [4.69, 9.17) is 9.47 Å². The highest BCUT2D eigenvalue weighted by Crippen LogP contribution is 2.27. The molecule has 0 spiro atoms. The monoisotopic (exact) mass is 473 g/mol. The molecule has 2 aromatic carbocycles. The zero-order valence-corrected chi connectivity index (χ0v) is 17.6. The van der Waals surface area contributed by atoms with Crippen LogP contribution in [-0.4, -0.2) is 40.2 Å². The predicted molar refractivity (Wildman–Crippen MR) is 114 cm³/mol. The molecule has 0 bridgehead atoms. The van der Waals surface area contributed by atoms with Gasteiger partial charge < -0.3 is 24.3 Å². The first-order valence-corrected chi connectivity index (χ1v) is 10.2. The lowest BCUT2D eigenvalue weighted by Crippen LogP contribution is -2.32. The summed E-state index contributed by atoms with van der Waals surface area (Å²) in [5, 5.41) is 10.8. The number of halogens is 3. The molecule has 34 heavy (non-hydrogen) atoms. The highest BCUT2D eigenvalue weighted by atomic mass is 19.4. The number of rotatable bonds is 6. The molecule has 1 aliphatic heterocycles. The van der Waals surface area contributed by atoms with Crippen LogP contribution in [0.4, 0.5) is 19.0 Å². The molecular formula is C23H18F3N3O5. The van der Waals surface area contributed by atoms with Crippen LogP contribution in [0.5, 0.6) is 11.8 Å². The van der Waals surface area contributed by atoms with Gasteiger partial charge in [0.1, 0.15) is 24.7 Å². The molecule has 0 saturated heterocycles. The van der Waals surface area contributed by atoms with Gasteiger partial charge in [0.05, 0.1) is 13.2 Å². The molecule has 8 nitrogen and oxygen atoms in total. The molecule has 176 valence electrons. The van der Waals surface area contributed by atoms with Crippen molar-refractivity contribution in [3.8, 4) is 34.7 Å². The van der Waals surface area contributed by atoms with Crippen LogP contribution in [-0.2, 0) is 11.3 Å². The Balaban J connectivity index is 1.24. The van der Waals surface area contributed by atoms with Gasteiger partial charge in [-0.25, -0.2) is 0 Å². The molecule has 1 aromatic heterocycles. The summed E-state index contributed by atoms with van der Waals surface area (Å²) in [5.74, 6) is 5.52. The lowest BCUT2D eigenvalue weighted by Gasteiger charge is -2.21. The smallest absolute Gasteiger partial charge is 0.443 e. The van der Waals surface area contributed by atoms with Crippen LogP contribution in [0.25, 0.3) is 11.1 Å². The highest BCUT2D eigenvalue weighted by molar-refractivity contribution is 5.65. The maximum atomic E-state index is 12.3. The Labute approximate surface area is 192 Å². The Kier molecular flexibility index (Phi) is 6.70. The first-order chi connectivity index (χ1) is 16.3. The second-order valence-corrected chi connectivity index (χ2v) is 7.30. The van der Waals surface area contributed by atoms with E-state index in [1.54, 1.807) is 16.7 Å². The number of aromatic nitrogens is 2. The van der Waals surface area contributed by atoms with Crippen molar-refractivity contribution in [1.82, 2.24) is 9.55 Å². The van der Waals surface area contributed by atoms with Crippen molar-refractivity contribution in [3.05, 3.63) is 70.4 Å². The van der Waals surface area contributed by atoms with E-state index >= 15 is 0 Å². The van der Waals surface area contributed by atoms with Crippen molar-refractivity contribution < 1.29 is 32.3 Å². The van der Waals surface area contributed by atoms with Gasteiger partial charge in [-0.2, -0.15) is 0 Å². The second kappa shape index (κ2) is 9.84. The number of nitro groups is 1. The van der Waals surface area contributed by atoms with E-state index in [0.717, 1.165) is 16.7 Å². The number of alkyl halides is 3. The number of fused-ring (bicyclic) bond motifs is 1. The van der Waals surface area contributed by atoms with Gasteiger partial charge in [0.2, 0.25) is 0 Å². The number of nitrogens with zero attached hydrogens (tertiary/aromatic N) is 3. The molecule has 0 amide bonds. The summed E-state index contributed by atoms with van der Waals surface area (Å²) in [6.45, 7) is 1.04. The topological polar surface area (TPSA) is 88.7 Å². The molecular weight excluding hydrogens is 455 g/mol. The maximum Gasteiger partial charge on any atom is 0.573 e. The molecule has 2 heterocycles. The zero-order valence-electron chi connectivity index (χ0n) is 17.6. The number of benzene rings is 2. The minimum atomic E-state index is -4.72. The van der Waals surface area contributed by atoms with Gasteiger partial charge in [0.25, 0.3) is 0 Å². The van der Waals surface area contributed by atoms with Gasteiger partial charge >= 0.3 is 18.2 Å². The minimum absolute atomic E-state index is 0.209. The van der Waals surface area contributed by atoms with E-state index in [0.29, 0.717) is 19.6 Å². The van der Waals surface area contributed by atoms with Gasteiger partial charge in [-0.05, 0) is 40.3 Å². The standard InChI is InChI=1S/C23H18F3N3O5/c24-23(25,26)34-19-10-8-18(9-11-19)17-6-4-16(5-7-17)3-1-2-12-32-20-13-28-14-21(29(30)31)27-22(28)33-15-20/h4-11,14,20H,2,12-13,15H2/t20-/m0/s1. The van der Waals surface area contributed by atoms with Crippen LogP contribution >= 0.6 is 0 Å². The molecule has 11 heteroatoms. The first kappa shape index (κ1) is 23.1. The van der Waals surface area contributed by atoms with E-state index in [-0.39, 0.29) is 30.3 Å². The van der Waals surface area contributed by atoms with Gasteiger partial charge in [-0.15, -0.1) is 13.2 Å². The second-order valence-electron chi connectivity index (χ2n) is 7.30. The molecule has 1 aliphatic rings. The van der Waals surface area contributed by atoms with Crippen molar-refractivity contribution in [3.63, 3.8) is 0 Å². The van der Waals surface area contributed by atoms with Crippen LogP contribution in [0.2, 0.25) is 0 Å². The Bertz CT molecular complexity index is 1210. The molecule has 0 unspecified atom stereocenters. The lowest BCUT2D eigenvalue weighted by atomic mass is 10.0. The fraction of sp³-hybridized carbons (Fsp3) is 0.261. The molecule has 0 aliphatic carbocycles. The predicted octanol–water partition coefficient (Wildman–Crippen LogP) is 4.58. The Morgan fingerprint density at radius 3 is 2.47 bits per heavy atom. The van der Waals surface area contributed by atoms with Crippen molar-refractivity contribution >= 4 is 5.82 Å². The van der Waals surface area contributed by atoms with E-state index < -0.39 is 11.3 Å². The Morgan fingerprint density at radius 1 is 1.15 bits per heavy atom. The third kappa shape index (κ3) is 6.05. The third-order valence-electron chi connectivity index (χ3n) is 4.83. The van der Waals surface area contributed by atoms with Gasteiger partial charge in [-0.3, -0.25) is 4.57 Å². The SMILES string of the molecule is O=[N+]([O-])c1cn2c(n1)OC[C@@H](OCCC#Cc1ccc(-c3ccc(OC(F)(F)F)cc3)cc1)C2. The average Bonchev–Trinajstić information content (AvgIpc) is 3.23. The summed E-state index contributed by atoms with van der Waals surface area (Å²) in [7, 11) is 0. The number of hydrogen-bond acceptors (Lipinski definition) is 6.